The third kappa shape index (κ3) is 4.67. The number of ether oxygens (including phenoxy) is 1. The molecule has 0 aromatic heterocycles. The number of nitrogens with zero attached hydrogens (tertiary/aromatic N) is 2. The number of hydrogen-bond acceptors (Lipinski definition) is 5. The summed E-state index contributed by atoms with van der Waals surface area (Å²) in [4.78, 5) is 43.6. The van der Waals surface area contributed by atoms with Gasteiger partial charge >= 0.3 is 0 Å². The van der Waals surface area contributed by atoms with Crippen molar-refractivity contribution in [2.24, 2.45) is 0 Å². The van der Waals surface area contributed by atoms with Crippen molar-refractivity contribution in [2.45, 2.75) is 12.5 Å². The normalized spacial score (nSPS) is 17.6. The van der Waals surface area contributed by atoms with E-state index in [0.717, 1.165) is 18.7 Å². The lowest BCUT2D eigenvalue weighted by Crippen LogP contribution is -2.46. The molecule has 0 spiro atoms. The van der Waals surface area contributed by atoms with Crippen molar-refractivity contribution in [3.8, 4) is 5.75 Å². The molecule has 1 unspecified atom stereocenters. The molecule has 36 heavy (non-hydrogen) atoms. The van der Waals surface area contributed by atoms with Gasteiger partial charge in [0, 0.05) is 37.3 Å². The predicted octanol–water partition coefficient (Wildman–Crippen LogP) is 3.47. The van der Waals surface area contributed by atoms with Gasteiger partial charge in [-0.15, -0.1) is 0 Å². The number of nitrogens with one attached hydrogen (secondary N) is 2. The number of hydrogen-bond donors (Lipinski definition) is 2. The molecule has 2 heterocycles. The molecule has 8 nitrogen and oxygen atoms in total. The maximum absolute atomic E-state index is 14.0. The molecular formula is C28H28N4O4. The fourth-order valence-corrected chi connectivity index (χ4v) is 4.75. The number of carbonyl (C=O) groups is 3. The predicted molar refractivity (Wildman–Crippen MR) is 137 cm³/mol. The van der Waals surface area contributed by atoms with E-state index in [0.29, 0.717) is 41.3 Å². The van der Waals surface area contributed by atoms with E-state index in [-0.39, 0.29) is 24.1 Å². The zero-order valence-corrected chi connectivity index (χ0v) is 20.1. The first-order valence-electron chi connectivity index (χ1n) is 12.0. The number of anilines is 2. The average molecular weight is 485 g/mol. The Kier molecular flexibility index (Phi) is 6.69. The van der Waals surface area contributed by atoms with Crippen LogP contribution in [0.5, 0.6) is 5.75 Å². The quantitative estimate of drug-likeness (QED) is 0.592. The van der Waals surface area contributed by atoms with Gasteiger partial charge in [0.05, 0.1) is 30.9 Å². The molecule has 0 radical (unpaired) electrons. The summed E-state index contributed by atoms with van der Waals surface area (Å²) in [5.74, 6) is -0.0131. The van der Waals surface area contributed by atoms with Crippen molar-refractivity contribution >= 4 is 29.1 Å². The van der Waals surface area contributed by atoms with E-state index in [1.807, 2.05) is 30.3 Å². The third-order valence-electron chi connectivity index (χ3n) is 6.59. The maximum Gasteiger partial charge on any atom is 0.259 e. The van der Waals surface area contributed by atoms with E-state index in [4.69, 9.17) is 4.74 Å². The fraction of sp³-hybridized carbons (Fsp3) is 0.250. The molecule has 0 aliphatic carbocycles. The highest BCUT2D eigenvalue weighted by Crippen LogP contribution is 2.40. The van der Waals surface area contributed by atoms with Gasteiger partial charge in [0.1, 0.15) is 5.75 Å². The summed E-state index contributed by atoms with van der Waals surface area (Å²) in [6.07, 6.45) is 0.0788. The monoisotopic (exact) mass is 484 g/mol. The molecule has 1 atom stereocenters. The van der Waals surface area contributed by atoms with Crippen LogP contribution in [0.3, 0.4) is 0 Å². The van der Waals surface area contributed by atoms with Crippen LogP contribution in [0.4, 0.5) is 11.4 Å². The number of benzene rings is 3. The largest absolute Gasteiger partial charge is 0.497 e. The van der Waals surface area contributed by atoms with E-state index in [1.54, 1.807) is 59.4 Å². The molecule has 2 aliphatic heterocycles. The molecule has 3 aromatic rings. The smallest absolute Gasteiger partial charge is 0.259 e. The van der Waals surface area contributed by atoms with Crippen molar-refractivity contribution < 1.29 is 19.1 Å². The summed E-state index contributed by atoms with van der Waals surface area (Å²) in [6.45, 7) is 2.74. The van der Waals surface area contributed by atoms with Crippen LogP contribution in [0.15, 0.2) is 72.8 Å². The van der Waals surface area contributed by atoms with Crippen molar-refractivity contribution in [3.63, 3.8) is 0 Å². The van der Waals surface area contributed by atoms with Crippen molar-refractivity contribution in [3.05, 3.63) is 89.5 Å². The van der Waals surface area contributed by atoms with Gasteiger partial charge in [0.25, 0.3) is 11.8 Å². The second-order valence-electron chi connectivity index (χ2n) is 8.86. The van der Waals surface area contributed by atoms with Crippen LogP contribution in [-0.4, -0.2) is 55.9 Å². The zero-order chi connectivity index (χ0) is 25.1. The molecule has 0 bridgehead atoms. The highest BCUT2D eigenvalue weighted by Gasteiger charge is 2.35. The lowest BCUT2D eigenvalue weighted by Gasteiger charge is -2.31. The highest BCUT2D eigenvalue weighted by atomic mass is 16.5. The van der Waals surface area contributed by atoms with Crippen LogP contribution in [0, 0.1) is 0 Å². The second-order valence-corrected chi connectivity index (χ2v) is 8.86. The second kappa shape index (κ2) is 10.2. The molecular weight excluding hydrogens is 456 g/mol. The first kappa shape index (κ1) is 23.6. The topological polar surface area (TPSA) is 91.0 Å². The molecule has 8 heteroatoms. The average Bonchev–Trinajstić information content (AvgIpc) is 3.08. The number of carbonyl (C=O) groups excluding carboxylic acids is 3. The van der Waals surface area contributed by atoms with Gasteiger partial charge in [-0.2, -0.15) is 0 Å². The summed E-state index contributed by atoms with van der Waals surface area (Å²) in [6, 6.07) is 21.1. The molecule has 3 amide bonds. The first-order valence-corrected chi connectivity index (χ1v) is 12.0. The van der Waals surface area contributed by atoms with Crippen molar-refractivity contribution in [2.75, 3.05) is 43.5 Å². The van der Waals surface area contributed by atoms with Crippen LogP contribution in [0.1, 0.15) is 38.7 Å². The minimum absolute atomic E-state index is 0.0788. The molecule has 2 N–H and O–H groups in total. The molecule has 5 rings (SSSR count). The van der Waals surface area contributed by atoms with E-state index in [1.165, 1.54) is 0 Å². The van der Waals surface area contributed by atoms with Gasteiger partial charge in [-0.05, 0) is 42.0 Å². The number of rotatable bonds is 4. The van der Waals surface area contributed by atoms with Crippen molar-refractivity contribution in [1.82, 2.24) is 10.2 Å². The van der Waals surface area contributed by atoms with Gasteiger partial charge in [-0.3, -0.25) is 19.3 Å². The molecule has 0 saturated carbocycles. The van der Waals surface area contributed by atoms with Gasteiger partial charge in [0.2, 0.25) is 5.91 Å². The number of piperazine rings is 1. The summed E-state index contributed by atoms with van der Waals surface area (Å²) in [7, 11) is 1.55. The van der Waals surface area contributed by atoms with Crippen LogP contribution in [0.2, 0.25) is 0 Å². The Hall–Kier alpha value is -4.17. The van der Waals surface area contributed by atoms with E-state index in [2.05, 4.69) is 10.6 Å². The summed E-state index contributed by atoms with van der Waals surface area (Å²) >= 11 is 0. The standard InChI is InChI=1S/C28H28N4O4/c1-36-22-9-5-8-20(16-22)28(35)32-24-11-10-21(27(34)31-14-12-29-13-15-31)17-23(24)30-26(33)18-25(32)19-6-3-2-4-7-19/h2-11,16-17,25,29H,12-15,18H2,1H3,(H,30,33). The summed E-state index contributed by atoms with van der Waals surface area (Å²) < 4.78 is 5.33. The Morgan fingerprint density at radius 3 is 2.39 bits per heavy atom. The maximum atomic E-state index is 14.0. The summed E-state index contributed by atoms with van der Waals surface area (Å²) in [5, 5.41) is 6.18. The molecule has 1 fully saturated rings. The number of amides is 3. The zero-order valence-electron chi connectivity index (χ0n) is 20.1. The highest BCUT2D eigenvalue weighted by molar-refractivity contribution is 6.12. The molecule has 1 saturated heterocycles. The summed E-state index contributed by atoms with van der Waals surface area (Å²) in [5.41, 5.74) is 2.74. The van der Waals surface area contributed by atoms with Crippen LogP contribution in [-0.2, 0) is 4.79 Å². The van der Waals surface area contributed by atoms with Crippen molar-refractivity contribution in [1.29, 1.82) is 0 Å². The Morgan fingerprint density at radius 1 is 0.889 bits per heavy atom. The number of fused-ring (bicyclic) bond motifs is 1. The minimum Gasteiger partial charge on any atom is -0.497 e. The Balaban J connectivity index is 1.60. The molecule has 184 valence electrons. The van der Waals surface area contributed by atoms with Crippen LogP contribution >= 0.6 is 0 Å². The van der Waals surface area contributed by atoms with Gasteiger partial charge < -0.3 is 20.3 Å². The Labute approximate surface area is 209 Å². The molecule has 3 aromatic carbocycles. The van der Waals surface area contributed by atoms with Gasteiger partial charge in [0.15, 0.2) is 0 Å². The first-order chi connectivity index (χ1) is 17.5. The van der Waals surface area contributed by atoms with E-state index >= 15 is 0 Å². The van der Waals surface area contributed by atoms with Gasteiger partial charge in [-0.1, -0.05) is 36.4 Å². The SMILES string of the molecule is COc1cccc(C(=O)N2c3ccc(C(=O)N4CCNCC4)cc3NC(=O)CC2c2ccccc2)c1. The molecule has 2 aliphatic rings. The van der Waals surface area contributed by atoms with Crippen LogP contribution < -0.4 is 20.3 Å². The Bertz CT molecular complexity index is 1290. The Morgan fingerprint density at radius 2 is 1.64 bits per heavy atom. The number of methoxy groups -OCH3 is 1. The van der Waals surface area contributed by atoms with Crippen LogP contribution in [0.25, 0.3) is 0 Å². The van der Waals surface area contributed by atoms with Gasteiger partial charge in [-0.25, -0.2) is 0 Å². The van der Waals surface area contributed by atoms with E-state index < -0.39 is 6.04 Å². The minimum atomic E-state index is -0.527. The lowest BCUT2D eigenvalue weighted by atomic mass is 9.99. The van der Waals surface area contributed by atoms with E-state index in [9.17, 15) is 14.4 Å². The third-order valence-corrected chi connectivity index (χ3v) is 6.59. The lowest BCUT2D eigenvalue weighted by molar-refractivity contribution is -0.116. The fourth-order valence-electron chi connectivity index (χ4n) is 4.75.